The van der Waals surface area contributed by atoms with Crippen molar-refractivity contribution in [2.75, 3.05) is 13.1 Å². The van der Waals surface area contributed by atoms with Crippen molar-refractivity contribution in [3.63, 3.8) is 0 Å². The van der Waals surface area contributed by atoms with Gasteiger partial charge in [-0.15, -0.1) is 0 Å². The minimum absolute atomic E-state index is 0.458. The summed E-state index contributed by atoms with van der Waals surface area (Å²) in [5.74, 6) is 0. The second-order valence-corrected chi connectivity index (χ2v) is 4.91. The summed E-state index contributed by atoms with van der Waals surface area (Å²) in [7, 11) is 0. The summed E-state index contributed by atoms with van der Waals surface area (Å²) in [6.07, 6.45) is 8.19. The highest BCUT2D eigenvalue weighted by molar-refractivity contribution is 7.80. The average Bonchev–Trinajstić information content (AvgIpc) is 2.78. The third-order valence-electron chi connectivity index (χ3n) is 3.70. The summed E-state index contributed by atoms with van der Waals surface area (Å²) in [5.41, 5.74) is 0.458. The Hall–Kier alpha value is -0.310. The van der Waals surface area contributed by atoms with Crippen LogP contribution in [-0.2, 0) is 0 Å². The molecule has 1 heterocycles. The van der Waals surface area contributed by atoms with Crippen LogP contribution in [0, 0.1) is 0 Å². The zero-order valence-electron chi connectivity index (χ0n) is 9.01. The lowest BCUT2D eigenvalue weighted by molar-refractivity contribution is 0.234. The lowest BCUT2D eigenvalue weighted by Crippen LogP contribution is -2.49. The van der Waals surface area contributed by atoms with Gasteiger partial charge < -0.3 is 10.2 Å². The molecule has 1 aliphatic carbocycles. The first-order valence-corrected chi connectivity index (χ1v) is 6.25. The Morgan fingerprint density at radius 1 is 1.29 bits per heavy atom. The second kappa shape index (κ2) is 4.05. The molecule has 0 atom stereocenters. The van der Waals surface area contributed by atoms with E-state index in [0.29, 0.717) is 5.54 Å². The number of thiocarbonyl (C=S) groups is 1. The molecule has 1 saturated heterocycles. The molecule has 1 aliphatic heterocycles. The van der Waals surface area contributed by atoms with Gasteiger partial charge in [0.05, 0.1) is 0 Å². The van der Waals surface area contributed by atoms with Gasteiger partial charge in [-0.25, -0.2) is 0 Å². The molecular formula is C11H20N2S. The van der Waals surface area contributed by atoms with Crippen LogP contribution >= 0.6 is 12.2 Å². The van der Waals surface area contributed by atoms with Crippen LogP contribution in [0.1, 0.15) is 45.4 Å². The number of hydrogen-bond donors (Lipinski definition) is 1. The molecule has 3 heteroatoms. The van der Waals surface area contributed by atoms with Gasteiger partial charge in [-0.3, -0.25) is 0 Å². The SMILES string of the molecule is CCNC(=S)N1CCCC12CCCC2. The standard InChI is InChI=1S/C11H20N2S/c1-2-12-10(14)13-9-5-8-11(13)6-3-4-7-11/h2-9H2,1H3,(H,12,14). The van der Waals surface area contributed by atoms with Crippen molar-refractivity contribution in [1.82, 2.24) is 10.2 Å². The van der Waals surface area contributed by atoms with Crippen molar-refractivity contribution in [1.29, 1.82) is 0 Å². The Bertz CT molecular complexity index is 216. The number of nitrogens with zero attached hydrogens (tertiary/aromatic N) is 1. The van der Waals surface area contributed by atoms with Crippen LogP contribution in [0.25, 0.3) is 0 Å². The van der Waals surface area contributed by atoms with Crippen LogP contribution < -0.4 is 5.32 Å². The largest absolute Gasteiger partial charge is 0.363 e. The van der Waals surface area contributed by atoms with E-state index in [1.807, 2.05) is 0 Å². The molecule has 2 nitrogen and oxygen atoms in total. The minimum Gasteiger partial charge on any atom is -0.363 e. The average molecular weight is 212 g/mol. The predicted molar refractivity (Wildman–Crippen MR) is 63.4 cm³/mol. The van der Waals surface area contributed by atoms with Gasteiger partial charge in [0.1, 0.15) is 0 Å². The number of hydrogen-bond acceptors (Lipinski definition) is 1. The molecule has 0 aromatic heterocycles. The molecular weight excluding hydrogens is 192 g/mol. The van der Waals surface area contributed by atoms with E-state index in [0.717, 1.165) is 11.7 Å². The maximum absolute atomic E-state index is 5.44. The summed E-state index contributed by atoms with van der Waals surface area (Å²) in [5, 5.41) is 4.29. The summed E-state index contributed by atoms with van der Waals surface area (Å²) < 4.78 is 0. The van der Waals surface area contributed by atoms with Crippen molar-refractivity contribution in [3.8, 4) is 0 Å². The van der Waals surface area contributed by atoms with Gasteiger partial charge in [0.15, 0.2) is 5.11 Å². The lowest BCUT2D eigenvalue weighted by Gasteiger charge is -2.37. The minimum atomic E-state index is 0.458. The Morgan fingerprint density at radius 2 is 1.93 bits per heavy atom. The molecule has 2 fully saturated rings. The lowest BCUT2D eigenvalue weighted by atomic mass is 9.95. The highest BCUT2D eigenvalue weighted by Crippen LogP contribution is 2.42. The third-order valence-corrected chi connectivity index (χ3v) is 4.07. The normalized spacial score (nSPS) is 24.5. The van der Waals surface area contributed by atoms with Gasteiger partial charge in [0, 0.05) is 18.6 Å². The van der Waals surface area contributed by atoms with E-state index < -0.39 is 0 Å². The highest BCUT2D eigenvalue weighted by Gasteiger charge is 2.43. The van der Waals surface area contributed by atoms with Crippen molar-refractivity contribution in [2.45, 2.75) is 51.0 Å². The monoisotopic (exact) mass is 212 g/mol. The van der Waals surface area contributed by atoms with E-state index >= 15 is 0 Å². The molecule has 2 aliphatic rings. The first-order valence-electron chi connectivity index (χ1n) is 5.84. The van der Waals surface area contributed by atoms with Gasteiger partial charge in [0.2, 0.25) is 0 Å². The van der Waals surface area contributed by atoms with Gasteiger partial charge in [0.25, 0.3) is 0 Å². The van der Waals surface area contributed by atoms with Gasteiger partial charge in [-0.05, 0) is 44.8 Å². The summed E-state index contributed by atoms with van der Waals surface area (Å²) in [4.78, 5) is 2.47. The predicted octanol–water partition coefficient (Wildman–Crippen LogP) is 2.29. The summed E-state index contributed by atoms with van der Waals surface area (Å²) in [6.45, 7) is 4.24. The molecule has 0 radical (unpaired) electrons. The van der Waals surface area contributed by atoms with Crippen LogP contribution in [0.15, 0.2) is 0 Å². The smallest absolute Gasteiger partial charge is 0.169 e. The number of likely N-dealkylation sites (tertiary alicyclic amines) is 1. The molecule has 0 amide bonds. The molecule has 1 spiro atoms. The van der Waals surface area contributed by atoms with Crippen molar-refractivity contribution >= 4 is 17.3 Å². The molecule has 1 N–H and O–H groups in total. The van der Waals surface area contributed by atoms with Crippen LogP contribution in [0.5, 0.6) is 0 Å². The number of nitrogens with one attached hydrogen (secondary N) is 1. The molecule has 0 bridgehead atoms. The topological polar surface area (TPSA) is 15.3 Å². The van der Waals surface area contributed by atoms with E-state index in [1.165, 1.54) is 45.1 Å². The van der Waals surface area contributed by atoms with Gasteiger partial charge >= 0.3 is 0 Å². The fraction of sp³-hybridized carbons (Fsp3) is 0.909. The molecule has 2 rings (SSSR count). The van der Waals surface area contributed by atoms with Crippen LogP contribution in [0.2, 0.25) is 0 Å². The van der Waals surface area contributed by atoms with E-state index in [1.54, 1.807) is 0 Å². The Morgan fingerprint density at radius 3 is 2.57 bits per heavy atom. The fourth-order valence-corrected chi connectivity index (χ4v) is 3.48. The van der Waals surface area contributed by atoms with E-state index in [-0.39, 0.29) is 0 Å². The van der Waals surface area contributed by atoms with Gasteiger partial charge in [-0.2, -0.15) is 0 Å². The Balaban J connectivity index is 2.06. The quantitative estimate of drug-likeness (QED) is 0.671. The summed E-state index contributed by atoms with van der Waals surface area (Å²) in [6, 6.07) is 0. The zero-order chi connectivity index (χ0) is 10.0. The summed E-state index contributed by atoms with van der Waals surface area (Å²) >= 11 is 5.44. The molecule has 14 heavy (non-hydrogen) atoms. The molecule has 80 valence electrons. The second-order valence-electron chi connectivity index (χ2n) is 4.52. The van der Waals surface area contributed by atoms with E-state index in [2.05, 4.69) is 17.1 Å². The van der Waals surface area contributed by atoms with E-state index in [4.69, 9.17) is 12.2 Å². The molecule has 1 saturated carbocycles. The Kier molecular flexibility index (Phi) is 2.96. The third kappa shape index (κ3) is 1.62. The van der Waals surface area contributed by atoms with E-state index in [9.17, 15) is 0 Å². The van der Waals surface area contributed by atoms with Crippen molar-refractivity contribution < 1.29 is 0 Å². The van der Waals surface area contributed by atoms with Crippen molar-refractivity contribution in [3.05, 3.63) is 0 Å². The van der Waals surface area contributed by atoms with Gasteiger partial charge in [-0.1, -0.05) is 12.8 Å². The maximum atomic E-state index is 5.44. The first kappa shape index (κ1) is 10.2. The zero-order valence-corrected chi connectivity index (χ0v) is 9.83. The number of rotatable bonds is 1. The fourth-order valence-electron chi connectivity index (χ4n) is 3.05. The first-order chi connectivity index (χ1) is 6.78. The van der Waals surface area contributed by atoms with Crippen LogP contribution in [0.3, 0.4) is 0 Å². The molecule has 0 aromatic carbocycles. The maximum Gasteiger partial charge on any atom is 0.169 e. The van der Waals surface area contributed by atoms with Crippen LogP contribution in [-0.4, -0.2) is 28.6 Å². The Labute approximate surface area is 92.0 Å². The van der Waals surface area contributed by atoms with Crippen LogP contribution in [0.4, 0.5) is 0 Å². The van der Waals surface area contributed by atoms with Crippen molar-refractivity contribution in [2.24, 2.45) is 0 Å². The molecule has 0 unspecified atom stereocenters. The molecule has 0 aromatic rings. The highest BCUT2D eigenvalue weighted by atomic mass is 32.1.